The fraction of sp³-hybridized carbons (Fsp3) is 0.133. The van der Waals surface area contributed by atoms with Gasteiger partial charge >= 0.3 is 0 Å². The highest BCUT2D eigenvalue weighted by molar-refractivity contribution is 5.82. The van der Waals surface area contributed by atoms with Crippen LogP contribution in [0.5, 0.6) is 23.0 Å². The smallest absolute Gasteiger partial charge is 0.227 e. The van der Waals surface area contributed by atoms with Crippen LogP contribution in [0.25, 0.3) is 45.1 Å². The Bertz CT molecular complexity index is 2980. The Morgan fingerprint density at radius 1 is 0.412 bits per heavy atom. The molecule has 0 amide bonds. The van der Waals surface area contributed by atoms with Gasteiger partial charge in [0.1, 0.15) is 60.5 Å². The summed E-state index contributed by atoms with van der Waals surface area (Å²) in [4.78, 5) is 10.0. The normalized spacial score (nSPS) is 11.2. The van der Waals surface area contributed by atoms with Crippen molar-refractivity contribution in [2.45, 2.75) is 53.1 Å². The lowest BCUT2D eigenvalue weighted by molar-refractivity contribution is 0.290. The van der Waals surface area contributed by atoms with Crippen molar-refractivity contribution in [2.24, 2.45) is 0 Å². The molecule has 0 aliphatic carbocycles. The van der Waals surface area contributed by atoms with Gasteiger partial charge in [0, 0.05) is 34.4 Å². The Morgan fingerprint density at radius 2 is 0.721 bits per heavy atom. The van der Waals surface area contributed by atoms with Crippen LogP contribution in [0.15, 0.2) is 203 Å². The zero-order valence-corrected chi connectivity index (χ0v) is 38.1. The number of rotatable bonds is 18. The van der Waals surface area contributed by atoms with Crippen molar-refractivity contribution in [1.82, 2.24) is 9.97 Å². The predicted octanol–water partition coefficient (Wildman–Crippen LogP) is 14.6. The number of ether oxygens (including phenoxy) is 4. The van der Waals surface area contributed by atoms with Crippen LogP contribution in [0.2, 0.25) is 0 Å². The average Bonchev–Trinajstić information content (AvgIpc) is 4.01. The van der Waals surface area contributed by atoms with E-state index in [0.29, 0.717) is 85.2 Å². The Hall–Kier alpha value is -8.36. The van der Waals surface area contributed by atoms with Crippen molar-refractivity contribution >= 4 is 22.2 Å². The minimum atomic E-state index is 0.409. The molecule has 0 fully saturated rings. The summed E-state index contributed by atoms with van der Waals surface area (Å²) in [6, 6.07) is 60.4. The van der Waals surface area contributed by atoms with Gasteiger partial charge in [-0.15, -0.1) is 0 Å². The number of hydrogen-bond acceptors (Lipinski definition) is 8. The first-order valence-electron chi connectivity index (χ1n) is 22.8. The van der Waals surface area contributed by atoms with Crippen molar-refractivity contribution in [3.8, 4) is 45.9 Å². The van der Waals surface area contributed by atoms with E-state index in [1.54, 1.807) is 0 Å². The number of hydrogen-bond donors (Lipinski definition) is 0. The average molecular weight is 895 g/mol. The van der Waals surface area contributed by atoms with Gasteiger partial charge in [0.2, 0.25) is 11.8 Å². The second-order valence-electron chi connectivity index (χ2n) is 17.2. The maximum atomic E-state index is 6.66. The molecule has 0 bridgehead atoms. The SMILES string of the molecule is C=C(Cc1cc(C)cc2nc(-c3cc(OCc4ccccc4)cc(OCc4ccccc4)c3)oc12)Cc1cc(C)cc2nc(-c3cc(OCc4ccccc4)cc(OCc4ccccc4)c3)oc12. The number of aryl methyl sites for hydroxylation is 2. The summed E-state index contributed by atoms with van der Waals surface area (Å²) in [7, 11) is 0. The molecular formula is C60H50N2O6. The molecule has 0 N–H and O–H groups in total. The van der Waals surface area contributed by atoms with Crippen molar-refractivity contribution in [2.75, 3.05) is 0 Å². The molecule has 8 aromatic carbocycles. The van der Waals surface area contributed by atoms with Gasteiger partial charge < -0.3 is 27.8 Å². The highest BCUT2D eigenvalue weighted by Crippen LogP contribution is 2.37. The first kappa shape index (κ1) is 43.5. The highest BCUT2D eigenvalue weighted by Gasteiger charge is 2.19. The van der Waals surface area contributed by atoms with Crippen molar-refractivity contribution < 1.29 is 27.8 Å². The topological polar surface area (TPSA) is 89.0 Å². The van der Waals surface area contributed by atoms with Gasteiger partial charge in [0.15, 0.2) is 11.2 Å². The van der Waals surface area contributed by atoms with Crippen LogP contribution in [0.3, 0.4) is 0 Å². The second-order valence-corrected chi connectivity index (χ2v) is 17.2. The van der Waals surface area contributed by atoms with Gasteiger partial charge in [-0.05, 0) is 96.5 Å². The van der Waals surface area contributed by atoms with Crippen LogP contribution >= 0.6 is 0 Å². The molecule has 0 spiro atoms. The van der Waals surface area contributed by atoms with Gasteiger partial charge in [-0.1, -0.05) is 146 Å². The molecular weight excluding hydrogens is 845 g/mol. The molecule has 68 heavy (non-hydrogen) atoms. The van der Waals surface area contributed by atoms with E-state index in [1.165, 1.54) is 0 Å². The summed E-state index contributed by atoms with van der Waals surface area (Å²) < 4.78 is 38.6. The number of fused-ring (bicyclic) bond motifs is 2. The predicted molar refractivity (Wildman–Crippen MR) is 268 cm³/mol. The van der Waals surface area contributed by atoms with E-state index in [9.17, 15) is 0 Å². The van der Waals surface area contributed by atoms with Crippen LogP contribution in [0, 0.1) is 13.8 Å². The molecule has 0 unspecified atom stereocenters. The molecule has 336 valence electrons. The highest BCUT2D eigenvalue weighted by atomic mass is 16.5. The molecule has 2 heterocycles. The first-order valence-corrected chi connectivity index (χ1v) is 22.8. The minimum absolute atomic E-state index is 0.409. The molecule has 0 saturated carbocycles. The summed E-state index contributed by atoms with van der Waals surface area (Å²) in [5.74, 6) is 3.57. The van der Waals surface area contributed by atoms with Gasteiger partial charge in [-0.3, -0.25) is 0 Å². The molecule has 10 aromatic rings. The Kier molecular flexibility index (Phi) is 12.8. The van der Waals surface area contributed by atoms with Gasteiger partial charge in [-0.2, -0.15) is 0 Å². The van der Waals surface area contributed by atoms with E-state index in [2.05, 4.69) is 44.7 Å². The molecule has 10 rings (SSSR count). The lowest BCUT2D eigenvalue weighted by atomic mass is 9.97. The van der Waals surface area contributed by atoms with Crippen LogP contribution in [0.1, 0.15) is 44.5 Å². The molecule has 0 atom stereocenters. The Labute approximate surface area is 396 Å². The zero-order chi connectivity index (χ0) is 46.2. The van der Waals surface area contributed by atoms with Crippen molar-refractivity contribution in [1.29, 1.82) is 0 Å². The molecule has 8 nitrogen and oxygen atoms in total. The summed E-state index contributed by atoms with van der Waals surface area (Å²) in [6.07, 6.45) is 1.13. The lowest BCUT2D eigenvalue weighted by Gasteiger charge is -2.12. The molecule has 8 heteroatoms. The van der Waals surface area contributed by atoms with Gasteiger partial charge in [-0.25, -0.2) is 9.97 Å². The third-order valence-corrected chi connectivity index (χ3v) is 11.6. The first-order chi connectivity index (χ1) is 33.3. The number of allylic oxidation sites excluding steroid dienone is 1. The molecule has 0 aliphatic rings. The molecule has 0 aliphatic heterocycles. The van der Waals surface area contributed by atoms with E-state index < -0.39 is 0 Å². The largest absolute Gasteiger partial charge is 0.489 e. The number of aromatic nitrogens is 2. The quantitative estimate of drug-likeness (QED) is 0.0787. The lowest BCUT2D eigenvalue weighted by Crippen LogP contribution is -1.98. The maximum absolute atomic E-state index is 6.66. The fourth-order valence-electron chi connectivity index (χ4n) is 8.31. The number of benzene rings is 8. The van der Waals surface area contributed by atoms with Crippen LogP contribution in [0.4, 0.5) is 0 Å². The van der Waals surface area contributed by atoms with Crippen molar-refractivity contribution in [3.63, 3.8) is 0 Å². The van der Waals surface area contributed by atoms with E-state index in [4.69, 9.17) is 37.7 Å². The number of oxazole rings is 2. The van der Waals surface area contributed by atoms with Crippen LogP contribution < -0.4 is 18.9 Å². The minimum Gasteiger partial charge on any atom is -0.489 e. The summed E-state index contributed by atoms with van der Waals surface area (Å²) in [5.41, 5.74) is 13.9. The van der Waals surface area contributed by atoms with Gasteiger partial charge in [0.25, 0.3) is 0 Å². The Morgan fingerprint density at radius 3 is 1.03 bits per heavy atom. The molecule has 0 saturated heterocycles. The summed E-state index contributed by atoms with van der Waals surface area (Å²) in [6.45, 7) is 10.4. The van der Waals surface area contributed by atoms with E-state index in [1.807, 2.05) is 158 Å². The van der Waals surface area contributed by atoms with Crippen LogP contribution in [-0.2, 0) is 39.3 Å². The van der Waals surface area contributed by atoms with E-state index in [0.717, 1.165) is 72.2 Å². The Balaban J connectivity index is 0.911. The van der Waals surface area contributed by atoms with E-state index >= 15 is 0 Å². The standard InChI is InChI=1S/C60H50N2O6/c1-40(24-47-26-41(2)28-55-57(47)67-59(61-55)49-30-51(63-36-43-16-8-4-9-17-43)34-52(31-49)64-37-44-18-10-5-11-19-44)25-48-27-42(3)29-56-58(48)68-60(62-56)50-32-53(65-38-45-20-12-6-13-21-45)35-54(33-50)66-39-46-22-14-7-15-23-46/h4-23,26-35H,1,24-25,36-39H2,2-3H3. The van der Waals surface area contributed by atoms with E-state index in [-0.39, 0.29) is 0 Å². The third-order valence-electron chi connectivity index (χ3n) is 11.6. The second kappa shape index (κ2) is 20.0. The van der Waals surface area contributed by atoms with Crippen molar-refractivity contribution in [3.05, 3.63) is 239 Å². The van der Waals surface area contributed by atoms with Gasteiger partial charge in [0.05, 0.1) is 0 Å². The molecule has 0 radical (unpaired) electrons. The summed E-state index contributed by atoms with van der Waals surface area (Å²) in [5, 5.41) is 0. The number of nitrogens with zero attached hydrogens (tertiary/aromatic N) is 2. The third kappa shape index (κ3) is 10.7. The fourth-order valence-corrected chi connectivity index (χ4v) is 8.31. The summed E-state index contributed by atoms with van der Waals surface area (Å²) >= 11 is 0. The van der Waals surface area contributed by atoms with Crippen LogP contribution in [-0.4, -0.2) is 9.97 Å². The molecule has 2 aromatic heterocycles. The monoisotopic (exact) mass is 894 g/mol. The zero-order valence-electron chi connectivity index (χ0n) is 38.1. The maximum Gasteiger partial charge on any atom is 0.227 e.